The number of ketones is 1. The summed E-state index contributed by atoms with van der Waals surface area (Å²) in [5.41, 5.74) is 0.0484. The van der Waals surface area contributed by atoms with Gasteiger partial charge in [-0.1, -0.05) is 0 Å². The molecule has 0 fully saturated rings. The number of aromatic carboxylic acids is 1. The van der Waals surface area contributed by atoms with Crippen molar-refractivity contribution in [2.75, 3.05) is 7.11 Å². The van der Waals surface area contributed by atoms with E-state index in [1.54, 1.807) is 0 Å². The number of carboxylic acids is 1. The van der Waals surface area contributed by atoms with Crippen molar-refractivity contribution in [2.45, 2.75) is 6.42 Å². The zero-order valence-corrected chi connectivity index (χ0v) is 14.2. The Kier molecular flexibility index (Phi) is 5.05. The third-order valence-electron chi connectivity index (χ3n) is 3.30. The van der Waals surface area contributed by atoms with Crippen LogP contribution in [0.15, 0.2) is 30.3 Å². The van der Waals surface area contributed by atoms with Crippen molar-refractivity contribution in [3.05, 3.63) is 52.8 Å². The molecule has 0 saturated carbocycles. The van der Waals surface area contributed by atoms with E-state index in [1.165, 1.54) is 41.8 Å². The van der Waals surface area contributed by atoms with Crippen LogP contribution in [-0.2, 0) is 6.42 Å². The maximum atomic E-state index is 12.9. The van der Waals surface area contributed by atoms with Crippen molar-refractivity contribution in [3.63, 3.8) is 0 Å². The number of hydrogen-bond donors (Lipinski definition) is 2. The number of benzene rings is 2. The van der Waals surface area contributed by atoms with Crippen molar-refractivity contribution < 1.29 is 28.9 Å². The molecule has 7 heteroatoms. The quantitative estimate of drug-likeness (QED) is 0.610. The first-order valence-electron chi connectivity index (χ1n) is 6.51. The van der Waals surface area contributed by atoms with Crippen LogP contribution < -0.4 is 9.13 Å². The summed E-state index contributed by atoms with van der Waals surface area (Å²) in [6.45, 7) is 0. The molecule has 5 nitrogen and oxygen atoms in total. The standard InChI is InChI=1S/C16H12FGeO5/c1-23-12-7-9(13(16(21)22)15(20)14(12)18)6-11(19)8-2-4-10(17)5-3-8/h2-5,7,20H,6H2,1H3,(H,21,22). The monoisotopic (exact) mass is 377 g/mol. The summed E-state index contributed by atoms with van der Waals surface area (Å²) in [5.74, 6) is -2.34. The van der Waals surface area contributed by atoms with E-state index in [4.69, 9.17) is 4.74 Å². The summed E-state index contributed by atoms with van der Waals surface area (Å²) < 4.78 is 18.3. The number of carbonyl (C=O) groups excluding carboxylic acids is 1. The van der Waals surface area contributed by atoms with E-state index in [0.29, 0.717) is 0 Å². The van der Waals surface area contributed by atoms with E-state index >= 15 is 0 Å². The first-order chi connectivity index (χ1) is 10.8. The Morgan fingerprint density at radius 2 is 1.87 bits per heavy atom. The SMILES string of the molecule is COc1cc(CC(=O)c2ccc(F)cc2)c(C(=O)O)c(O)[c]1[Ge]. The third-order valence-corrected chi connectivity index (χ3v) is 4.31. The fourth-order valence-electron chi connectivity index (χ4n) is 2.15. The Balaban J connectivity index is 2.45. The zero-order valence-electron chi connectivity index (χ0n) is 12.1. The molecule has 0 amide bonds. The van der Waals surface area contributed by atoms with Gasteiger partial charge in [0.15, 0.2) is 0 Å². The number of halogens is 1. The molecule has 2 aromatic rings. The van der Waals surface area contributed by atoms with Gasteiger partial charge in [-0.05, 0) is 0 Å². The van der Waals surface area contributed by atoms with Crippen LogP contribution in [0.5, 0.6) is 11.5 Å². The maximum absolute atomic E-state index is 12.9. The molecular weight excluding hydrogens is 364 g/mol. The summed E-state index contributed by atoms with van der Waals surface area (Å²) >= 11 is 1.52. The van der Waals surface area contributed by atoms with Crippen molar-refractivity contribution in [1.82, 2.24) is 0 Å². The summed E-state index contributed by atoms with van der Waals surface area (Å²) in [7, 11) is 1.38. The van der Waals surface area contributed by atoms with Gasteiger partial charge in [0.2, 0.25) is 0 Å². The summed E-state index contributed by atoms with van der Waals surface area (Å²) in [5, 5.41) is 19.4. The second kappa shape index (κ2) is 6.82. The number of carbonyl (C=O) groups is 2. The molecule has 0 atom stereocenters. The van der Waals surface area contributed by atoms with Gasteiger partial charge in [-0.15, -0.1) is 0 Å². The molecule has 2 N–H and O–H groups in total. The predicted molar refractivity (Wildman–Crippen MR) is 81.4 cm³/mol. The molecule has 0 heterocycles. The molecule has 0 unspecified atom stereocenters. The molecule has 117 valence electrons. The Labute approximate surface area is 139 Å². The topological polar surface area (TPSA) is 83.8 Å². The molecule has 3 radical (unpaired) electrons. The third kappa shape index (κ3) is 3.53. The first-order valence-corrected chi connectivity index (χ1v) is 7.56. The number of methoxy groups -OCH3 is 1. The fraction of sp³-hybridized carbons (Fsp3) is 0.125. The number of rotatable bonds is 5. The fourth-order valence-corrected chi connectivity index (χ4v) is 2.77. The van der Waals surface area contributed by atoms with E-state index in [1.807, 2.05) is 0 Å². The molecule has 2 rings (SSSR count). The van der Waals surface area contributed by atoms with Crippen LogP contribution in [0.1, 0.15) is 26.3 Å². The van der Waals surface area contributed by atoms with Gasteiger partial charge in [0, 0.05) is 0 Å². The first kappa shape index (κ1) is 17.0. The van der Waals surface area contributed by atoms with Gasteiger partial charge in [-0.2, -0.15) is 0 Å². The molecule has 0 aliphatic rings. The summed E-state index contributed by atoms with van der Waals surface area (Å²) in [6.07, 6.45) is -0.253. The molecule has 0 aromatic heterocycles. The summed E-state index contributed by atoms with van der Waals surface area (Å²) in [4.78, 5) is 23.7. The molecule has 0 bridgehead atoms. The van der Waals surface area contributed by atoms with Gasteiger partial charge < -0.3 is 0 Å². The molecule has 0 aliphatic carbocycles. The van der Waals surface area contributed by atoms with Crippen LogP contribution in [0.2, 0.25) is 0 Å². The second-order valence-electron chi connectivity index (χ2n) is 4.75. The van der Waals surface area contributed by atoms with Gasteiger partial charge in [-0.3, -0.25) is 0 Å². The van der Waals surface area contributed by atoms with Gasteiger partial charge >= 0.3 is 139 Å². The Morgan fingerprint density at radius 1 is 1.26 bits per heavy atom. The Hall–Kier alpha value is -2.35. The average Bonchev–Trinajstić information content (AvgIpc) is 2.50. The minimum atomic E-state index is -1.34. The number of carboxylic acid groups (broad SMARTS) is 1. The number of hydrogen-bond acceptors (Lipinski definition) is 4. The normalized spacial score (nSPS) is 10.4. The van der Waals surface area contributed by atoms with Crippen molar-refractivity contribution >= 4 is 32.7 Å². The van der Waals surface area contributed by atoms with E-state index in [-0.39, 0.29) is 33.3 Å². The van der Waals surface area contributed by atoms with Crippen LogP contribution in [0, 0.1) is 5.82 Å². The molecule has 23 heavy (non-hydrogen) atoms. The van der Waals surface area contributed by atoms with Crippen LogP contribution >= 0.6 is 0 Å². The van der Waals surface area contributed by atoms with E-state index in [0.717, 1.165) is 12.1 Å². The van der Waals surface area contributed by atoms with E-state index in [2.05, 4.69) is 0 Å². The van der Waals surface area contributed by atoms with Crippen LogP contribution in [0.4, 0.5) is 4.39 Å². The Morgan fingerprint density at radius 3 is 2.39 bits per heavy atom. The zero-order chi connectivity index (χ0) is 17.1. The number of Topliss-reactive ketones (excluding diaryl/α,β-unsaturated/α-hetero) is 1. The molecule has 0 saturated heterocycles. The number of phenols is 1. The second-order valence-corrected chi connectivity index (χ2v) is 5.80. The van der Waals surface area contributed by atoms with E-state index < -0.39 is 23.3 Å². The van der Waals surface area contributed by atoms with Gasteiger partial charge in [-0.25, -0.2) is 0 Å². The van der Waals surface area contributed by atoms with Crippen molar-refractivity contribution in [2.24, 2.45) is 0 Å². The molecule has 0 aliphatic heterocycles. The van der Waals surface area contributed by atoms with Crippen molar-refractivity contribution in [3.8, 4) is 11.5 Å². The Bertz CT molecular complexity index is 771. The van der Waals surface area contributed by atoms with Gasteiger partial charge in [0.1, 0.15) is 0 Å². The summed E-state index contributed by atoms with van der Waals surface area (Å²) in [6, 6.07) is 6.36. The van der Waals surface area contributed by atoms with Gasteiger partial charge in [0.25, 0.3) is 0 Å². The minimum absolute atomic E-state index is 0.131. The van der Waals surface area contributed by atoms with Gasteiger partial charge in [0.05, 0.1) is 0 Å². The van der Waals surface area contributed by atoms with Crippen LogP contribution in [0.25, 0.3) is 0 Å². The molecule has 2 aromatic carbocycles. The number of aromatic hydroxyl groups is 1. The van der Waals surface area contributed by atoms with Crippen LogP contribution in [-0.4, -0.2) is 45.6 Å². The van der Waals surface area contributed by atoms with E-state index in [9.17, 15) is 24.2 Å². The predicted octanol–water partition coefficient (Wildman–Crippen LogP) is 1.46. The van der Waals surface area contributed by atoms with Crippen molar-refractivity contribution in [1.29, 1.82) is 0 Å². The average molecular weight is 376 g/mol. The molecule has 0 spiro atoms. The molecular formula is C16H12FGeO5. The number of ether oxygens (including phenoxy) is 1. The van der Waals surface area contributed by atoms with Crippen LogP contribution in [0.3, 0.4) is 0 Å².